The zero-order valence-electron chi connectivity index (χ0n) is 15.6. The van der Waals surface area contributed by atoms with Gasteiger partial charge in [-0.25, -0.2) is 0 Å². The predicted molar refractivity (Wildman–Crippen MR) is 104 cm³/mol. The van der Waals surface area contributed by atoms with Gasteiger partial charge in [-0.1, -0.05) is 48.0 Å². The lowest BCUT2D eigenvalue weighted by molar-refractivity contribution is -0.135. The lowest BCUT2D eigenvalue weighted by atomic mass is 10.1. The van der Waals surface area contributed by atoms with Gasteiger partial charge in [0.2, 0.25) is 11.8 Å². The maximum absolute atomic E-state index is 12.7. The molecule has 0 aromatic heterocycles. The Morgan fingerprint density at radius 3 is 2.67 bits per heavy atom. The number of carbonyl (C=O) groups is 2. The smallest absolute Gasteiger partial charge is 0.243 e. The summed E-state index contributed by atoms with van der Waals surface area (Å²) in [6.45, 7) is 4.83. The molecule has 2 N–H and O–H groups in total. The molecule has 5 nitrogen and oxygen atoms in total. The summed E-state index contributed by atoms with van der Waals surface area (Å²) in [5.41, 5.74) is 5.97. The molecule has 0 bridgehead atoms. The molecule has 1 atom stereocenters. The van der Waals surface area contributed by atoms with Crippen LogP contribution >= 0.6 is 0 Å². The minimum atomic E-state index is -0.380. The van der Waals surface area contributed by atoms with Crippen molar-refractivity contribution in [1.29, 1.82) is 0 Å². The van der Waals surface area contributed by atoms with Gasteiger partial charge in [-0.3, -0.25) is 9.59 Å². The number of nitrogens with one attached hydrogen (secondary N) is 2. The Morgan fingerprint density at radius 1 is 1.11 bits per heavy atom. The first-order valence-electron chi connectivity index (χ1n) is 9.54. The molecule has 2 aliphatic rings. The second-order valence-corrected chi connectivity index (χ2v) is 7.49. The van der Waals surface area contributed by atoms with Crippen LogP contribution in [0.25, 0.3) is 0 Å². The Hall–Kier alpha value is -2.66. The Morgan fingerprint density at radius 2 is 1.85 bits per heavy atom. The SMILES string of the molecule is Cc1ccc(CN2C(=O)CCC2C(=O)NCc2ccc3c(c2)CNC3)cc1. The van der Waals surface area contributed by atoms with Crippen molar-refractivity contribution in [3.63, 3.8) is 0 Å². The molecule has 1 saturated heterocycles. The number of aryl methyl sites for hydroxylation is 1. The summed E-state index contributed by atoms with van der Waals surface area (Å²) >= 11 is 0. The highest BCUT2D eigenvalue weighted by atomic mass is 16.2. The maximum atomic E-state index is 12.7. The van der Waals surface area contributed by atoms with Crippen LogP contribution in [0.2, 0.25) is 0 Å². The topological polar surface area (TPSA) is 61.4 Å². The molecule has 2 heterocycles. The standard InChI is InChI=1S/C22H25N3O2/c1-15-2-4-16(5-3-15)14-25-20(8-9-21(25)26)22(27)24-11-17-6-7-18-12-23-13-19(18)10-17/h2-7,10,20,23H,8-9,11-14H2,1H3,(H,24,27). The van der Waals surface area contributed by atoms with E-state index < -0.39 is 0 Å². The maximum Gasteiger partial charge on any atom is 0.243 e. The van der Waals surface area contributed by atoms with Crippen LogP contribution in [0.4, 0.5) is 0 Å². The van der Waals surface area contributed by atoms with Gasteiger partial charge in [0, 0.05) is 32.6 Å². The number of hydrogen-bond acceptors (Lipinski definition) is 3. The summed E-state index contributed by atoms with van der Waals surface area (Å²) in [6, 6.07) is 14.1. The van der Waals surface area contributed by atoms with Crippen molar-refractivity contribution < 1.29 is 9.59 Å². The van der Waals surface area contributed by atoms with Gasteiger partial charge in [-0.2, -0.15) is 0 Å². The van der Waals surface area contributed by atoms with Gasteiger partial charge in [-0.15, -0.1) is 0 Å². The van der Waals surface area contributed by atoms with E-state index in [-0.39, 0.29) is 17.9 Å². The zero-order chi connectivity index (χ0) is 18.8. The highest BCUT2D eigenvalue weighted by Crippen LogP contribution is 2.22. The number of likely N-dealkylation sites (tertiary alicyclic amines) is 1. The molecule has 2 aromatic carbocycles. The fourth-order valence-corrected chi connectivity index (χ4v) is 3.86. The minimum Gasteiger partial charge on any atom is -0.350 e. The normalized spacial score (nSPS) is 18.6. The van der Waals surface area contributed by atoms with Gasteiger partial charge in [0.05, 0.1) is 0 Å². The lowest BCUT2D eigenvalue weighted by Crippen LogP contribution is -2.44. The van der Waals surface area contributed by atoms with E-state index in [1.54, 1.807) is 4.90 Å². The average Bonchev–Trinajstić information content (AvgIpc) is 3.28. The second kappa shape index (κ2) is 7.53. The molecule has 0 saturated carbocycles. The molecule has 2 aliphatic heterocycles. The van der Waals surface area contributed by atoms with Crippen molar-refractivity contribution in [3.8, 4) is 0 Å². The summed E-state index contributed by atoms with van der Waals surface area (Å²) in [5.74, 6) is -0.00841. The molecule has 2 amide bonds. The van der Waals surface area contributed by atoms with E-state index in [9.17, 15) is 9.59 Å². The van der Waals surface area contributed by atoms with Crippen LogP contribution in [0.5, 0.6) is 0 Å². The van der Waals surface area contributed by atoms with Crippen molar-refractivity contribution in [2.24, 2.45) is 0 Å². The Labute approximate surface area is 159 Å². The largest absolute Gasteiger partial charge is 0.350 e. The highest BCUT2D eigenvalue weighted by Gasteiger charge is 2.35. The summed E-state index contributed by atoms with van der Waals surface area (Å²) < 4.78 is 0. The van der Waals surface area contributed by atoms with Crippen LogP contribution in [0, 0.1) is 6.92 Å². The fourth-order valence-electron chi connectivity index (χ4n) is 3.86. The molecular formula is C22H25N3O2. The van der Waals surface area contributed by atoms with Gasteiger partial charge >= 0.3 is 0 Å². The summed E-state index contributed by atoms with van der Waals surface area (Å²) in [6.07, 6.45) is 1.03. The Balaban J connectivity index is 1.39. The zero-order valence-corrected chi connectivity index (χ0v) is 15.6. The van der Waals surface area contributed by atoms with Crippen molar-refractivity contribution in [2.45, 2.75) is 52.0 Å². The Kier molecular flexibility index (Phi) is 4.94. The number of nitrogens with zero attached hydrogens (tertiary/aromatic N) is 1. The number of carbonyl (C=O) groups excluding carboxylic acids is 2. The van der Waals surface area contributed by atoms with Crippen LogP contribution in [0.15, 0.2) is 42.5 Å². The summed E-state index contributed by atoms with van der Waals surface area (Å²) in [5, 5.41) is 6.35. The van der Waals surface area contributed by atoms with Crippen LogP contribution < -0.4 is 10.6 Å². The third kappa shape index (κ3) is 3.88. The third-order valence-corrected chi connectivity index (χ3v) is 5.47. The molecule has 2 aromatic rings. The van der Waals surface area contributed by atoms with Crippen LogP contribution in [-0.4, -0.2) is 22.8 Å². The molecule has 1 unspecified atom stereocenters. The lowest BCUT2D eigenvalue weighted by Gasteiger charge is -2.24. The number of rotatable bonds is 5. The summed E-state index contributed by atoms with van der Waals surface area (Å²) in [7, 11) is 0. The van der Waals surface area contributed by atoms with E-state index in [4.69, 9.17) is 0 Å². The van der Waals surface area contributed by atoms with Gasteiger partial charge in [-0.05, 0) is 35.6 Å². The number of benzene rings is 2. The second-order valence-electron chi connectivity index (χ2n) is 7.49. The molecular weight excluding hydrogens is 338 g/mol. The molecule has 5 heteroatoms. The van der Waals surface area contributed by atoms with Crippen LogP contribution in [0.1, 0.15) is 40.7 Å². The van der Waals surface area contributed by atoms with E-state index in [1.807, 2.05) is 31.2 Å². The molecule has 27 heavy (non-hydrogen) atoms. The van der Waals surface area contributed by atoms with Crippen molar-refractivity contribution >= 4 is 11.8 Å². The number of amides is 2. The minimum absolute atomic E-state index is 0.0549. The van der Waals surface area contributed by atoms with E-state index in [1.165, 1.54) is 16.7 Å². The Bertz CT molecular complexity index is 860. The third-order valence-electron chi connectivity index (χ3n) is 5.47. The van der Waals surface area contributed by atoms with Crippen molar-refractivity contribution in [1.82, 2.24) is 15.5 Å². The molecule has 140 valence electrons. The van der Waals surface area contributed by atoms with Gasteiger partial charge in [0.15, 0.2) is 0 Å². The summed E-state index contributed by atoms with van der Waals surface area (Å²) in [4.78, 5) is 26.8. The van der Waals surface area contributed by atoms with E-state index >= 15 is 0 Å². The monoisotopic (exact) mass is 363 g/mol. The average molecular weight is 363 g/mol. The van der Waals surface area contributed by atoms with Crippen molar-refractivity contribution in [3.05, 3.63) is 70.3 Å². The first-order valence-corrected chi connectivity index (χ1v) is 9.54. The van der Waals surface area contributed by atoms with Gasteiger partial charge in [0.1, 0.15) is 6.04 Å². The fraction of sp³-hybridized carbons (Fsp3) is 0.364. The number of hydrogen-bond donors (Lipinski definition) is 2. The van der Waals surface area contributed by atoms with Gasteiger partial charge in [0.25, 0.3) is 0 Å². The van der Waals surface area contributed by atoms with E-state index in [0.717, 1.165) is 24.2 Å². The van der Waals surface area contributed by atoms with Crippen LogP contribution in [0.3, 0.4) is 0 Å². The number of fused-ring (bicyclic) bond motifs is 1. The van der Waals surface area contributed by atoms with Crippen LogP contribution in [-0.2, 0) is 35.8 Å². The predicted octanol–water partition coefficient (Wildman–Crippen LogP) is 2.41. The van der Waals surface area contributed by atoms with Crippen molar-refractivity contribution in [2.75, 3.05) is 0 Å². The first kappa shape index (κ1) is 17.7. The molecule has 1 fully saturated rings. The molecule has 0 spiro atoms. The quantitative estimate of drug-likeness (QED) is 0.858. The molecule has 4 rings (SSSR count). The van der Waals surface area contributed by atoms with E-state index in [0.29, 0.717) is 25.9 Å². The molecule has 0 radical (unpaired) electrons. The highest BCUT2D eigenvalue weighted by molar-refractivity contribution is 5.90. The van der Waals surface area contributed by atoms with E-state index in [2.05, 4.69) is 28.8 Å². The van der Waals surface area contributed by atoms with Gasteiger partial charge < -0.3 is 15.5 Å². The molecule has 0 aliphatic carbocycles. The first-order chi connectivity index (χ1) is 13.1.